The van der Waals surface area contributed by atoms with Crippen LogP contribution < -0.4 is 5.32 Å². The fourth-order valence-electron chi connectivity index (χ4n) is 1.76. The van der Waals surface area contributed by atoms with E-state index in [4.69, 9.17) is 4.74 Å². The summed E-state index contributed by atoms with van der Waals surface area (Å²) in [5, 5.41) is 3.46. The van der Waals surface area contributed by atoms with Crippen molar-refractivity contribution in [1.82, 2.24) is 10.2 Å². The Labute approximate surface area is 107 Å². The van der Waals surface area contributed by atoms with E-state index in [2.05, 4.69) is 38.0 Å². The topological polar surface area (TPSA) is 24.5 Å². The van der Waals surface area contributed by atoms with Crippen LogP contribution in [0.5, 0.6) is 0 Å². The maximum atomic E-state index is 5.66. The second kappa shape index (κ2) is 8.06. The van der Waals surface area contributed by atoms with Gasteiger partial charge in [-0.3, -0.25) is 0 Å². The predicted octanol–water partition coefficient (Wildman–Crippen LogP) is 2.12. The van der Waals surface area contributed by atoms with E-state index in [0.717, 1.165) is 32.2 Å². The highest BCUT2D eigenvalue weighted by Crippen LogP contribution is 2.28. The van der Waals surface area contributed by atoms with Crippen molar-refractivity contribution in [2.75, 3.05) is 33.4 Å². The second-order valence-corrected chi connectivity index (χ2v) is 5.75. The minimum absolute atomic E-state index is 0.592. The molecule has 1 rings (SSSR count). The summed E-state index contributed by atoms with van der Waals surface area (Å²) in [6.45, 7) is 10.7. The molecule has 3 heteroatoms. The first-order chi connectivity index (χ1) is 8.09. The molecular weight excluding hydrogens is 212 g/mol. The Balaban J connectivity index is 1.94. The van der Waals surface area contributed by atoms with Gasteiger partial charge >= 0.3 is 0 Å². The number of nitrogens with one attached hydrogen (secondary N) is 1. The molecule has 0 radical (unpaired) electrons. The van der Waals surface area contributed by atoms with E-state index in [1.165, 1.54) is 19.3 Å². The molecule has 0 aromatic carbocycles. The Morgan fingerprint density at radius 3 is 2.59 bits per heavy atom. The highest BCUT2D eigenvalue weighted by Gasteiger charge is 2.21. The minimum Gasteiger partial charge on any atom is -0.380 e. The van der Waals surface area contributed by atoms with Crippen LogP contribution in [0.4, 0.5) is 0 Å². The van der Waals surface area contributed by atoms with Crippen LogP contribution in [0.3, 0.4) is 0 Å². The number of hydrogen-bond acceptors (Lipinski definition) is 3. The number of hydrogen-bond donors (Lipinski definition) is 1. The van der Waals surface area contributed by atoms with Crippen LogP contribution in [0.1, 0.15) is 40.0 Å². The lowest BCUT2D eigenvalue weighted by Crippen LogP contribution is -2.35. The number of rotatable bonds is 10. The lowest BCUT2D eigenvalue weighted by atomic mass is 10.2. The molecule has 0 spiro atoms. The third-order valence-electron chi connectivity index (χ3n) is 3.51. The molecule has 1 unspecified atom stereocenters. The summed E-state index contributed by atoms with van der Waals surface area (Å²) in [5.74, 6) is 0.882. The molecule has 0 bridgehead atoms. The van der Waals surface area contributed by atoms with Crippen molar-refractivity contribution in [3.05, 3.63) is 0 Å². The summed E-state index contributed by atoms with van der Waals surface area (Å²) < 4.78 is 5.66. The molecule has 0 heterocycles. The Morgan fingerprint density at radius 2 is 2.00 bits per heavy atom. The molecule has 1 N–H and O–H groups in total. The van der Waals surface area contributed by atoms with Crippen molar-refractivity contribution >= 4 is 0 Å². The first-order valence-corrected chi connectivity index (χ1v) is 7.11. The normalized spacial score (nSPS) is 18.0. The SMILES string of the molecule is CC(C)NCCC(C)N(C)CCOCC1CC1. The molecule has 0 amide bonds. The molecule has 17 heavy (non-hydrogen) atoms. The molecule has 1 atom stereocenters. The van der Waals surface area contributed by atoms with Gasteiger partial charge in [0.05, 0.1) is 6.61 Å². The van der Waals surface area contributed by atoms with Crippen molar-refractivity contribution in [1.29, 1.82) is 0 Å². The molecule has 0 aromatic heterocycles. The lowest BCUT2D eigenvalue weighted by Gasteiger charge is -2.25. The maximum Gasteiger partial charge on any atom is 0.0593 e. The van der Waals surface area contributed by atoms with E-state index in [1.54, 1.807) is 0 Å². The van der Waals surface area contributed by atoms with Crippen LogP contribution >= 0.6 is 0 Å². The van der Waals surface area contributed by atoms with Gasteiger partial charge in [-0.15, -0.1) is 0 Å². The van der Waals surface area contributed by atoms with Gasteiger partial charge < -0.3 is 15.0 Å². The standard InChI is InChI=1S/C14H30N2O/c1-12(2)15-8-7-13(3)16(4)9-10-17-11-14-5-6-14/h12-15H,5-11H2,1-4H3. The number of likely N-dealkylation sites (N-methyl/N-ethyl adjacent to an activating group) is 1. The van der Waals surface area contributed by atoms with E-state index in [1.807, 2.05) is 0 Å². The smallest absolute Gasteiger partial charge is 0.0593 e. The predicted molar refractivity (Wildman–Crippen MR) is 73.4 cm³/mol. The fourth-order valence-corrected chi connectivity index (χ4v) is 1.76. The highest BCUT2D eigenvalue weighted by molar-refractivity contribution is 4.72. The Hall–Kier alpha value is -0.120. The summed E-state index contributed by atoms with van der Waals surface area (Å²) in [6.07, 6.45) is 3.97. The summed E-state index contributed by atoms with van der Waals surface area (Å²) in [4.78, 5) is 2.40. The highest BCUT2D eigenvalue weighted by atomic mass is 16.5. The molecular formula is C14H30N2O. The quantitative estimate of drug-likeness (QED) is 0.594. The van der Waals surface area contributed by atoms with Crippen LogP contribution in [0.15, 0.2) is 0 Å². The molecule has 102 valence electrons. The first kappa shape index (κ1) is 14.9. The number of ether oxygens (including phenoxy) is 1. The van der Waals surface area contributed by atoms with E-state index >= 15 is 0 Å². The van der Waals surface area contributed by atoms with Crippen LogP contribution in [0.25, 0.3) is 0 Å². The third-order valence-corrected chi connectivity index (χ3v) is 3.51. The average molecular weight is 242 g/mol. The summed E-state index contributed by atoms with van der Waals surface area (Å²) in [5.41, 5.74) is 0. The van der Waals surface area contributed by atoms with Gasteiger partial charge in [0.2, 0.25) is 0 Å². The van der Waals surface area contributed by atoms with E-state index in [-0.39, 0.29) is 0 Å². The van der Waals surface area contributed by atoms with Crippen LogP contribution in [0.2, 0.25) is 0 Å². The van der Waals surface area contributed by atoms with Crippen molar-refractivity contribution < 1.29 is 4.74 Å². The molecule has 1 aliphatic carbocycles. The zero-order valence-corrected chi connectivity index (χ0v) is 12.0. The Bertz CT molecular complexity index is 193. The Kier molecular flexibility index (Phi) is 7.09. The van der Waals surface area contributed by atoms with Crippen molar-refractivity contribution in [3.8, 4) is 0 Å². The van der Waals surface area contributed by atoms with Crippen LogP contribution in [-0.2, 0) is 4.74 Å². The lowest BCUT2D eigenvalue weighted by molar-refractivity contribution is 0.0923. The van der Waals surface area contributed by atoms with Gasteiger partial charge in [-0.2, -0.15) is 0 Å². The van der Waals surface area contributed by atoms with Crippen LogP contribution in [-0.4, -0.2) is 50.3 Å². The largest absolute Gasteiger partial charge is 0.380 e. The van der Waals surface area contributed by atoms with E-state index < -0.39 is 0 Å². The zero-order valence-electron chi connectivity index (χ0n) is 12.0. The average Bonchev–Trinajstić information content (AvgIpc) is 3.07. The maximum absolute atomic E-state index is 5.66. The Morgan fingerprint density at radius 1 is 1.29 bits per heavy atom. The van der Waals surface area contributed by atoms with Gasteiger partial charge in [-0.05, 0) is 45.7 Å². The molecule has 0 aliphatic heterocycles. The summed E-state index contributed by atoms with van der Waals surface area (Å²) in [6, 6.07) is 1.22. The van der Waals surface area contributed by atoms with Crippen molar-refractivity contribution in [2.45, 2.75) is 52.1 Å². The first-order valence-electron chi connectivity index (χ1n) is 7.11. The molecule has 1 aliphatic rings. The van der Waals surface area contributed by atoms with Gasteiger partial charge in [0, 0.05) is 25.2 Å². The van der Waals surface area contributed by atoms with E-state index in [0.29, 0.717) is 12.1 Å². The fraction of sp³-hybridized carbons (Fsp3) is 1.00. The minimum atomic E-state index is 0.592. The van der Waals surface area contributed by atoms with Gasteiger partial charge in [-0.25, -0.2) is 0 Å². The summed E-state index contributed by atoms with van der Waals surface area (Å²) >= 11 is 0. The summed E-state index contributed by atoms with van der Waals surface area (Å²) in [7, 11) is 2.19. The van der Waals surface area contributed by atoms with Gasteiger partial charge in [0.1, 0.15) is 0 Å². The van der Waals surface area contributed by atoms with Crippen molar-refractivity contribution in [2.24, 2.45) is 5.92 Å². The van der Waals surface area contributed by atoms with Gasteiger partial charge in [-0.1, -0.05) is 13.8 Å². The molecule has 0 aromatic rings. The molecule has 1 fully saturated rings. The molecule has 3 nitrogen and oxygen atoms in total. The third kappa shape index (κ3) is 7.74. The van der Waals surface area contributed by atoms with Crippen LogP contribution in [0, 0.1) is 5.92 Å². The van der Waals surface area contributed by atoms with Gasteiger partial charge in [0.25, 0.3) is 0 Å². The monoisotopic (exact) mass is 242 g/mol. The number of nitrogens with zero attached hydrogens (tertiary/aromatic N) is 1. The van der Waals surface area contributed by atoms with Crippen molar-refractivity contribution in [3.63, 3.8) is 0 Å². The zero-order chi connectivity index (χ0) is 12.7. The molecule has 0 saturated heterocycles. The molecule has 1 saturated carbocycles. The second-order valence-electron chi connectivity index (χ2n) is 5.75. The van der Waals surface area contributed by atoms with E-state index in [9.17, 15) is 0 Å². The van der Waals surface area contributed by atoms with Gasteiger partial charge in [0.15, 0.2) is 0 Å².